The second-order valence-electron chi connectivity index (χ2n) is 11.6. The third-order valence-corrected chi connectivity index (χ3v) is 10.5. The van der Waals surface area contributed by atoms with Crippen LogP contribution >= 0.6 is 0 Å². The van der Waals surface area contributed by atoms with Crippen LogP contribution in [-0.4, -0.2) is 21.9 Å². The van der Waals surface area contributed by atoms with Crippen molar-refractivity contribution >= 4 is 0 Å². The summed E-state index contributed by atoms with van der Waals surface area (Å²) >= 11 is 0. The van der Waals surface area contributed by atoms with Crippen LogP contribution in [0.1, 0.15) is 111 Å². The Morgan fingerprint density at radius 3 is 2.46 bits per heavy atom. The Kier molecular flexibility index (Phi) is 6.21. The van der Waals surface area contributed by atoms with Gasteiger partial charge in [-0.25, -0.2) is 0 Å². The lowest BCUT2D eigenvalue weighted by Gasteiger charge is -2.57. The smallest absolute Gasteiger partial charge is 0.0648 e. The van der Waals surface area contributed by atoms with Gasteiger partial charge >= 0.3 is 0 Å². The molecule has 0 aromatic rings. The van der Waals surface area contributed by atoms with Gasteiger partial charge in [0.05, 0.1) is 11.7 Å². The monoisotopic (exact) mass is 390 g/mol. The molecule has 28 heavy (non-hydrogen) atoms. The molecule has 0 amide bonds. The van der Waals surface area contributed by atoms with Crippen molar-refractivity contribution < 1.29 is 10.2 Å². The predicted octanol–water partition coefficient (Wildman–Crippen LogP) is 6.34. The molecule has 0 unspecified atom stereocenters. The minimum atomic E-state index is -0.349. The summed E-state index contributed by atoms with van der Waals surface area (Å²) in [6.07, 6.45) is 17.4. The fourth-order valence-corrected chi connectivity index (χ4v) is 8.67. The van der Waals surface area contributed by atoms with Crippen LogP contribution in [0.2, 0.25) is 0 Å². The summed E-state index contributed by atoms with van der Waals surface area (Å²) in [6.45, 7) is 6.92. The zero-order valence-electron chi connectivity index (χ0n) is 18.8. The summed E-state index contributed by atoms with van der Waals surface area (Å²) in [5.41, 5.74) is 0.225. The van der Waals surface area contributed by atoms with Crippen LogP contribution in [0.15, 0.2) is 0 Å². The van der Waals surface area contributed by atoms with Crippen LogP contribution in [0.5, 0.6) is 0 Å². The maximum absolute atomic E-state index is 10.9. The Morgan fingerprint density at radius 1 is 0.929 bits per heavy atom. The maximum atomic E-state index is 10.9. The normalized spacial score (nSPS) is 49.2. The highest BCUT2D eigenvalue weighted by Gasteiger charge is 2.57. The Morgan fingerprint density at radius 2 is 1.71 bits per heavy atom. The van der Waals surface area contributed by atoms with Crippen LogP contribution in [-0.2, 0) is 0 Å². The van der Waals surface area contributed by atoms with E-state index in [2.05, 4.69) is 20.8 Å². The average molecular weight is 391 g/mol. The lowest BCUT2D eigenvalue weighted by atomic mass is 9.48. The number of fused-ring (bicyclic) bond motifs is 5. The van der Waals surface area contributed by atoms with Crippen LogP contribution in [0.3, 0.4) is 0 Å². The van der Waals surface area contributed by atoms with Gasteiger partial charge in [0, 0.05) is 0 Å². The molecule has 0 radical (unpaired) electrons. The molecule has 4 aliphatic carbocycles. The number of hydrogen-bond donors (Lipinski definition) is 2. The van der Waals surface area contributed by atoms with Gasteiger partial charge in [0.15, 0.2) is 0 Å². The van der Waals surface area contributed by atoms with Crippen molar-refractivity contribution in [2.45, 2.75) is 122 Å². The van der Waals surface area contributed by atoms with Crippen LogP contribution in [0.25, 0.3) is 0 Å². The van der Waals surface area contributed by atoms with Crippen LogP contribution < -0.4 is 0 Å². The van der Waals surface area contributed by atoms with Gasteiger partial charge in [0.1, 0.15) is 0 Å². The summed E-state index contributed by atoms with van der Waals surface area (Å²) in [5.74, 6) is 5.50. The van der Waals surface area contributed by atoms with E-state index < -0.39 is 0 Å². The lowest BCUT2D eigenvalue weighted by Crippen LogP contribution is -2.50. The van der Waals surface area contributed by atoms with E-state index in [1.807, 2.05) is 0 Å². The molecule has 2 heteroatoms. The molecule has 0 heterocycles. The third kappa shape index (κ3) is 3.70. The molecule has 0 aliphatic heterocycles. The highest BCUT2D eigenvalue weighted by atomic mass is 16.3. The topological polar surface area (TPSA) is 40.5 Å². The minimum absolute atomic E-state index is 0.0795. The molecule has 0 spiro atoms. The first-order chi connectivity index (χ1) is 13.4. The summed E-state index contributed by atoms with van der Waals surface area (Å²) in [5, 5.41) is 20.8. The van der Waals surface area contributed by atoms with Gasteiger partial charge in [-0.1, -0.05) is 27.2 Å². The molecule has 0 bridgehead atoms. The Balaban J connectivity index is 1.40. The van der Waals surface area contributed by atoms with Crippen molar-refractivity contribution in [1.82, 2.24) is 0 Å². The molecule has 4 fully saturated rings. The van der Waals surface area contributed by atoms with Crippen molar-refractivity contribution in [2.75, 3.05) is 0 Å². The molecular formula is C26H46O2. The lowest BCUT2D eigenvalue weighted by molar-refractivity contribution is -0.107. The Labute approximate surface area is 173 Å². The van der Waals surface area contributed by atoms with E-state index in [1.54, 1.807) is 0 Å². The van der Waals surface area contributed by atoms with E-state index in [0.717, 1.165) is 67.6 Å². The van der Waals surface area contributed by atoms with Crippen molar-refractivity contribution in [3.8, 4) is 0 Å². The van der Waals surface area contributed by atoms with Gasteiger partial charge in [-0.15, -0.1) is 0 Å². The minimum Gasteiger partial charge on any atom is -0.393 e. The molecule has 2 N–H and O–H groups in total. The molecule has 162 valence electrons. The molecule has 4 rings (SSSR count). The van der Waals surface area contributed by atoms with E-state index in [-0.39, 0.29) is 11.7 Å². The molecule has 4 aliphatic rings. The summed E-state index contributed by atoms with van der Waals surface area (Å²) in [4.78, 5) is 0. The Hall–Kier alpha value is -0.0800. The Bertz CT molecular complexity index is 533. The molecule has 2 nitrogen and oxygen atoms in total. The van der Waals surface area contributed by atoms with E-state index in [0.29, 0.717) is 5.41 Å². The SMILES string of the molecule is CC[C@H](O)CCC[C@H]1CC[C@H]2[C@@H]3CC[C@H]4C[C@](O)(CC)CC[C@@H]4[C@H]3CC[C@]12C. The quantitative estimate of drug-likeness (QED) is 0.556. The number of rotatable bonds is 6. The van der Waals surface area contributed by atoms with Crippen molar-refractivity contribution in [3.63, 3.8) is 0 Å². The second-order valence-corrected chi connectivity index (χ2v) is 11.6. The first kappa shape index (κ1) is 21.2. The summed E-state index contributed by atoms with van der Waals surface area (Å²) < 4.78 is 0. The van der Waals surface area contributed by atoms with Gasteiger partial charge in [0.25, 0.3) is 0 Å². The van der Waals surface area contributed by atoms with Gasteiger partial charge in [0.2, 0.25) is 0 Å². The molecule has 4 saturated carbocycles. The average Bonchev–Trinajstić information content (AvgIpc) is 3.04. The largest absolute Gasteiger partial charge is 0.393 e. The maximum Gasteiger partial charge on any atom is 0.0648 e. The standard InChI is InChI=1S/C26H46O2/c1-4-20(27)8-6-7-19-10-12-24-23-11-9-18-17-26(28,5-2)16-14-21(18)22(23)13-15-25(19,24)3/h18-24,27-28H,4-17H2,1-3H3/t18-,19-,20-,21-,22+,23+,24-,25+,26-/m0/s1. The third-order valence-electron chi connectivity index (χ3n) is 10.5. The highest BCUT2D eigenvalue weighted by molar-refractivity contribution is 5.06. The molecule has 0 aromatic carbocycles. The molecular weight excluding hydrogens is 344 g/mol. The predicted molar refractivity (Wildman–Crippen MR) is 116 cm³/mol. The van der Waals surface area contributed by atoms with Crippen molar-refractivity contribution in [3.05, 3.63) is 0 Å². The molecule has 0 aromatic heterocycles. The van der Waals surface area contributed by atoms with E-state index in [4.69, 9.17) is 0 Å². The van der Waals surface area contributed by atoms with Gasteiger partial charge < -0.3 is 10.2 Å². The van der Waals surface area contributed by atoms with Crippen molar-refractivity contribution in [2.24, 2.45) is 40.9 Å². The van der Waals surface area contributed by atoms with Crippen LogP contribution in [0.4, 0.5) is 0 Å². The highest BCUT2D eigenvalue weighted by Crippen LogP contribution is 2.65. The van der Waals surface area contributed by atoms with Crippen molar-refractivity contribution in [1.29, 1.82) is 0 Å². The number of aliphatic hydroxyl groups is 2. The van der Waals surface area contributed by atoms with E-state index in [1.165, 1.54) is 57.8 Å². The zero-order valence-corrected chi connectivity index (χ0v) is 18.8. The fourth-order valence-electron chi connectivity index (χ4n) is 8.67. The fraction of sp³-hybridized carbons (Fsp3) is 1.00. The number of hydrogen-bond acceptors (Lipinski definition) is 2. The second kappa shape index (κ2) is 8.22. The van der Waals surface area contributed by atoms with E-state index >= 15 is 0 Å². The van der Waals surface area contributed by atoms with E-state index in [9.17, 15) is 10.2 Å². The van der Waals surface area contributed by atoms with Gasteiger partial charge in [-0.3, -0.25) is 0 Å². The van der Waals surface area contributed by atoms with Crippen LogP contribution in [0, 0.1) is 40.9 Å². The van der Waals surface area contributed by atoms with Gasteiger partial charge in [-0.05, 0) is 124 Å². The number of aliphatic hydroxyl groups excluding tert-OH is 1. The zero-order chi connectivity index (χ0) is 19.9. The summed E-state index contributed by atoms with van der Waals surface area (Å²) in [6, 6.07) is 0. The molecule has 9 atom stereocenters. The summed E-state index contributed by atoms with van der Waals surface area (Å²) in [7, 11) is 0. The first-order valence-corrected chi connectivity index (χ1v) is 12.8. The first-order valence-electron chi connectivity index (χ1n) is 12.8. The molecule has 0 saturated heterocycles. The van der Waals surface area contributed by atoms with Gasteiger partial charge in [-0.2, -0.15) is 0 Å².